The number of rotatable bonds is 1. The first-order valence-corrected chi connectivity index (χ1v) is 5.11. The molecule has 0 saturated carbocycles. The van der Waals surface area contributed by atoms with Gasteiger partial charge in [0.25, 0.3) is 0 Å². The number of alkyl halides is 3. The second kappa shape index (κ2) is 4.26. The molecular formula is C12H9F3N2O. The van der Waals surface area contributed by atoms with Crippen LogP contribution >= 0.6 is 0 Å². The third-order valence-corrected chi connectivity index (χ3v) is 2.56. The molecule has 18 heavy (non-hydrogen) atoms. The normalized spacial score (nSPS) is 14.8. The van der Waals surface area contributed by atoms with Crippen LogP contribution in [0.25, 0.3) is 0 Å². The highest BCUT2D eigenvalue weighted by Crippen LogP contribution is 2.36. The van der Waals surface area contributed by atoms with Crippen LogP contribution in [0.1, 0.15) is 5.56 Å². The summed E-state index contributed by atoms with van der Waals surface area (Å²) in [6, 6.07) is 3.20. The molecule has 1 heterocycles. The van der Waals surface area contributed by atoms with Crippen molar-refractivity contribution >= 4 is 17.3 Å². The van der Waals surface area contributed by atoms with Crippen LogP contribution in [-0.2, 0) is 11.0 Å². The number of hydrogen-bond donors (Lipinski definition) is 1. The molecule has 2 rings (SSSR count). The molecule has 1 aliphatic heterocycles. The van der Waals surface area contributed by atoms with Crippen LogP contribution < -0.4 is 10.2 Å². The van der Waals surface area contributed by atoms with Gasteiger partial charge in [-0.1, -0.05) is 5.92 Å². The molecule has 0 fully saturated rings. The molecule has 1 N–H and O–H groups in total. The number of carbonyl (C=O) groups excluding carboxylic acids is 1. The average molecular weight is 254 g/mol. The molecule has 0 saturated heterocycles. The number of benzene rings is 1. The summed E-state index contributed by atoms with van der Waals surface area (Å²) < 4.78 is 37.6. The van der Waals surface area contributed by atoms with Crippen molar-refractivity contribution in [1.82, 2.24) is 0 Å². The summed E-state index contributed by atoms with van der Waals surface area (Å²) in [6.07, 6.45) is 0.721. The summed E-state index contributed by atoms with van der Waals surface area (Å²) in [6.45, 7) is 0.217. The molecule has 1 aromatic rings. The van der Waals surface area contributed by atoms with Crippen molar-refractivity contribution < 1.29 is 18.0 Å². The molecule has 1 aromatic carbocycles. The molecule has 6 heteroatoms. The summed E-state index contributed by atoms with van der Waals surface area (Å²) in [4.78, 5) is 12.9. The van der Waals surface area contributed by atoms with Gasteiger partial charge in [0.05, 0.1) is 30.0 Å². The maximum absolute atomic E-state index is 12.5. The van der Waals surface area contributed by atoms with Gasteiger partial charge >= 0.3 is 6.18 Å². The Bertz CT molecular complexity index is 531. The standard InChI is InChI=1S/C12H9F3N2O/c1-2-5-17-7-11(18)16-9-6-8(12(13,14)15)3-4-10(9)17/h1,3-4,6H,5,7H2,(H,16,18). The number of nitrogens with zero attached hydrogens (tertiary/aromatic N) is 1. The molecule has 3 nitrogen and oxygen atoms in total. The van der Waals surface area contributed by atoms with Crippen LogP contribution in [0, 0.1) is 12.3 Å². The Morgan fingerprint density at radius 1 is 1.44 bits per heavy atom. The number of anilines is 2. The van der Waals surface area contributed by atoms with Gasteiger partial charge in [-0.2, -0.15) is 13.2 Å². The van der Waals surface area contributed by atoms with Crippen LogP contribution in [0.3, 0.4) is 0 Å². The number of nitrogens with one attached hydrogen (secondary N) is 1. The number of amides is 1. The fourth-order valence-electron chi connectivity index (χ4n) is 1.79. The lowest BCUT2D eigenvalue weighted by atomic mass is 10.1. The minimum atomic E-state index is -4.44. The van der Waals surface area contributed by atoms with E-state index in [2.05, 4.69) is 11.2 Å². The Hall–Kier alpha value is -2.16. The first-order chi connectivity index (χ1) is 8.41. The van der Waals surface area contributed by atoms with Crippen molar-refractivity contribution in [3.63, 3.8) is 0 Å². The van der Waals surface area contributed by atoms with Gasteiger partial charge in [0.1, 0.15) is 0 Å². The molecule has 1 aliphatic rings. The molecule has 0 bridgehead atoms. The summed E-state index contributed by atoms with van der Waals surface area (Å²) in [5.74, 6) is 1.99. The van der Waals surface area contributed by atoms with Gasteiger partial charge in [-0.3, -0.25) is 4.79 Å². The van der Waals surface area contributed by atoms with E-state index in [1.165, 1.54) is 6.07 Å². The van der Waals surface area contributed by atoms with E-state index >= 15 is 0 Å². The van der Waals surface area contributed by atoms with Crippen LogP contribution in [-0.4, -0.2) is 19.0 Å². The lowest BCUT2D eigenvalue weighted by Crippen LogP contribution is -2.38. The maximum atomic E-state index is 12.5. The summed E-state index contributed by atoms with van der Waals surface area (Å²) in [7, 11) is 0. The van der Waals surface area contributed by atoms with E-state index in [9.17, 15) is 18.0 Å². The Labute approximate surface area is 102 Å². The van der Waals surface area contributed by atoms with Gasteiger partial charge < -0.3 is 10.2 Å². The molecule has 0 aromatic heterocycles. The predicted molar refractivity (Wildman–Crippen MR) is 61.1 cm³/mol. The van der Waals surface area contributed by atoms with Gasteiger partial charge in [-0.15, -0.1) is 6.42 Å². The Kier molecular flexibility index (Phi) is 2.91. The van der Waals surface area contributed by atoms with Gasteiger partial charge in [0.2, 0.25) is 5.91 Å². The van der Waals surface area contributed by atoms with Crippen LogP contribution in [0.5, 0.6) is 0 Å². The van der Waals surface area contributed by atoms with Crippen molar-refractivity contribution in [2.24, 2.45) is 0 Å². The zero-order chi connectivity index (χ0) is 13.3. The van der Waals surface area contributed by atoms with Crippen LogP contribution in [0.2, 0.25) is 0 Å². The zero-order valence-electron chi connectivity index (χ0n) is 9.21. The first kappa shape index (κ1) is 12.3. The molecule has 1 amide bonds. The van der Waals surface area contributed by atoms with E-state index in [-0.39, 0.29) is 24.7 Å². The minimum Gasteiger partial charge on any atom is -0.349 e. The topological polar surface area (TPSA) is 32.3 Å². The molecular weight excluding hydrogens is 245 g/mol. The monoisotopic (exact) mass is 254 g/mol. The van der Waals surface area contributed by atoms with Crippen molar-refractivity contribution in [2.45, 2.75) is 6.18 Å². The number of carbonyl (C=O) groups is 1. The Morgan fingerprint density at radius 3 is 2.78 bits per heavy atom. The van der Waals surface area contributed by atoms with Gasteiger partial charge in [0.15, 0.2) is 0 Å². The lowest BCUT2D eigenvalue weighted by molar-refractivity contribution is -0.137. The summed E-state index contributed by atoms with van der Waals surface area (Å²) in [5, 5.41) is 2.41. The van der Waals surface area contributed by atoms with Gasteiger partial charge in [0, 0.05) is 0 Å². The van der Waals surface area contributed by atoms with Crippen molar-refractivity contribution in [3.8, 4) is 12.3 Å². The quantitative estimate of drug-likeness (QED) is 0.778. The van der Waals surface area contributed by atoms with E-state index in [1.54, 1.807) is 4.90 Å². The fourth-order valence-corrected chi connectivity index (χ4v) is 1.79. The van der Waals surface area contributed by atoms with Gasteiger partial charge in [-0.25, -0.2) is 0 Å². The molecule has 0 spiro atoms. The average Bonchev–Trinajstić information content (AvgIpc) is 2.27. The van der Waals surface area contributed by atoms with E-state index in [1.807, 2.05) is 0 Å². The maximum Gasteiger partial charge on any atom is 0.416 e. The smallest absolute Gasteiger partial charge is 0.349 e. The highest BCUT2D eigenvalue weighted by Gasteiger charge is 2.32. The third kappa shape index (κ3) is 2.25. The van der Waals surface area contributed by atoms with E-state index in [0.717, 1.165) is 12.1 Å². The Balaban J connectivity index is 2.44. The predicted octanol–water partition coefficient (Wildman–Crippen LogP) is 2.10. The fraction of sp³-hybridized carbons (Fsp3) is 0.250. The largest absolute Gasteiger partial charge is 0.416 e. The van der Waals surface area contributed by atoms with E-state index in [4.69, 9.17) is 6.42 Å². The molecule has 0 aliphatic carbocycles. The summed E-state index contributed by atoms with van der Waals surface area (Å²) in [5.41, 5.74) is -0.166. The third-order valence-electron chi connectivity index (χ3n) is 2.56. The molecule has 0 atom stereocenters. The van der Waals surface area contributed by atoms with E-state index in [0.29, 0.717) is 5.69 Å². The molecule has 0 unspecified atom stereocenters. The zero-order valence-corrected chi connectivity index (χ0v) is 9.21. The highest BCUT2D eigenvalue weighted by molar-refractivity contribution is 6.01. The van der Waals surface area contributed by atoms with Crippen molar-refractivity contribution in [1.29, 1.82) is 0 Å². The minimum absolute atomic E-state index is 0.0442. The van der Waals surface area contributed by atoms with Gasteiger partial charge in [-0.05, 0) is 18.2 Å². The summed E-state index contributed by atoms with van der Waals surface area (Å²) >= 11 is 0. The first-order valence-electron chi connectivity index (χ1n) is 5.11. The number of terminal acetylenes is 1. The number of hydrogen-bond acceptors (Lipinski definition) is 2. The SMILES string of the molecule is C#CCN1CC(=O)Nc2cc(C(F)(F)F)ccc21. The second-order valence-electron chi connectivity index (χ2n) is 3.84. The Morgan fingerprint density at radius 2 is 2.17 bits per heavy atom. The van der Waals surface area contributed by atoms with E-state index < -0.39 is 11.7 Å². The second-order valence-corrected chi connectivity index (χ2v) is 3.84. The van der Waals surface area contributed by atoms with Crippen molar-refractivity contribution in [2.75, 3.05) is 23.3 Å². The highest BCUT2D eigenvalue weighted by atomic mass is 19.4. The molecule has 0 radical (unpaired) electrons. The molecule has 94 valence electrons. The lowest BCUT2D eigenvalue weighted by Gasteiger charge is -2.29. The van der Waals surface area contributed by atoms with Crippen LogP contribution in [0.4, 0.5) is 24.5 Å². The van der Waals surface area contributed by atoms with Crippen LogP contribution in [0.15, 0.2) is 18.2 Å². The number of fused-ring (bicyclic) bond motifs is 1. The number of halogens is 3. The van der Waals surface area contributed by atoms with Crippen molar-refractivity contribution in [3.05, 3.63) is 23.8 Å².